The van der Waals surface area contributed by atoms with Crippen LogP contribution >= 0.6 is 0 Å². The topological polar surface area (TPSA) is 47.0 Å². The normalized spacial score (nSPS) is 13.2. The molecule has 1 unspecified atom stereocenters. The molecule has 4 nitrogen and oxygen atoms in total. The smallest absolute Gasteiger partial charge is 0.218 e. The van der Waals surface area contributed by atoms with Gasteiger partial charge in [0.25, 0.3) is 0 Å². The summed E-state index contributed by atoms with van der Waals surface area (Å²) in [6, 6.07) is 1.86. The molecule has 0 bridgehead atoms. The maximum atomic E-state index is 5.81. The Morgan fingerprint density at radius 1 is 1.32 bits per heavy atom. The predicted molar refractivity (Wildman–Crippen MR) is 79.8 cm³/mol. The Labute approximate surface area is 117 Å². The molecule has 0 radical (unpaired) electrons. The van der Waals surface area contributed by atoms with Crippen molar-refractivity contribution in [3.05, 3.63) is 11.9 Å². The van der Waals surface area contributed by atoms with Gasteiger partial charge >= 0.3 is 0 Å². The van der Waals surface area contributed by atoms with Crippen molar-refractivity contribution in [3.8, 4) is 5.88 Å². The largest absolute Gasteiger partial charge is 0.477 e. The van der Waals surface area contributed by atoms with Gasteiger partial charge in [0.1, 0.15) is 11.6 Å². The summed E-state index contributed by atoms with van der Waals surface area (Å²) in [4.78, 5) is 9.00. The predicted octanol–water partition coefficient (Wildman–Crippen LogP) is 3.63. The van der Waals surface area contributed by atoms with Crippen molar-refractivity contribution in [1.29, 1.82) is 0 Å². The summed E-state index contributed by atoms with van der Waals surface area (Å²) in [5.74, 6) is 2.82. The van der Waals surface area contributed by atoms with E-state index in [0.717, 1.165) is 11.6 Å². The standard InChI is InChI=1S/C15H27N3O/c1-7-8-11(2)10-19-13-9-12(16-6)17-14(18-13)15(3,4)5/h9,11H,7-8,10H2,1-6H3,(H,16,17,18). The van der Waals surface area contributed by atoms with Crippen LogP contribution in [0.15, 0.2) is 6.07 Å². The molecule has 1 N–H and O–H groups in total. The molecule has 108 valence electrons. The van der Waals surface area contributed by atoms with Crippen LogP contribution < -0.4 is 10.1 Å². The fraction of sp³-hybridized carbons (Fsp3) is 0.733. The highest BCUT2D eigenvalue weighted by Crippen LogP contribution is 2.23. The zero-order valence-corrected chi connectivity index (χ0v) is 13.1. The van der Waals surface area contributed by atoms with Gasteiger partial charge in [0.15, 0.2) is 0 Å². The molecule has 0 fully saturated rings. The summed E-state index contributed by atoms with van der Waals surface area (Å²) in [5, 5.41) is 3.06. The Bertz CT molecular complexity index is 399. The first-order valence-electron chi connectivity index (χ1n) is 7.07. The van der Waals surface area contributed by atoms with Crippen LogP contribution in [0.1, 0.15) is 53.3 Å². The van der Waals surface area contributed by atoms with Crippen molar-refractivity contribution in [2.75, 3.05) is 19.0 Å². The van der Waals surface area contributed by atoms with Crippen LogP contribution in [0, 0.1) is 5.92 Å². The molecule has 4 heteroatoms. The first-order valence-corrected chi connectivity index (χ1v) is 7.07. The lowest BCUT2D eigenvalue weighted by atomic mass is 9.96. The highest BCUT2D eigenvalue weighted by atomic mass is 16.5. The third-order valence-electron chi connectivity index (χ3n) is 2.93. The Morgan fingerprint density at radius 2 is 2.00 bits per heavy atom. The minimum absolute atomic E-state index is 0.0833. The van der Waals surface area contributed by atoms with E-state index >= 15 is 0 Å². The summed E-state index contributed by atoms with van der Waals surface area (Å²) in [6.07, 6.45) is 2.36. The molecule has 19 heavy (non-hydrogen) atoms. The summed E-state index contributed by atoms with van der Waals surface area (Å²) >= 11 is 0. The molecule has 0 spiro atoms. The van der Waals surface area contributed by atoms with E-state index in [-0.39, 0.29) is 5.41 Å². The molecule has 0 saturated carbocycles. The number of nitrogens with zero attached hydrogens (tertiary/aromatic N) is 2. The lowest BCUT2D eigenvalue weighted by Crippen LogP contribution is -2.18. The summed E-state index contributed by atoms with van der Waals surface area (Å²) < 4.78 is 5.81. The molecule has 0 aliphatic rings. The highest BCUT2D eigenvalue weighted by Gasteiger charge is 2.19. The van der Waals surface area contributed by atoms with Gasteiger partial charge in [-0.15, -0.1) is 0 Å². The lowest BCUT2D eigenvalue weighted by Gasteiger charge is -2.19. The molecule has 1 aromatic heterocycles. The average Bonchev–Trinajstić information content (AvgIpc) is 2.35. The van der Waals surface area contributed by atoms with Gasteiger partial charge in [-0.25, -0.2) is 4.98 Å². The van der Waals surface area contributed by atoms with Crippen molar-refractivity contribution in [3.63, 3.8) is 0 Å². The number of aromatic nitrogens is 2. The van der Waals surface area contributed by atoms with Gasteiger partial charge in [0.05, 0.1) is 6.61 Å². The van der Waals surface area contributed by atoms with E-state index in [1.807, 2.05) is 13.1 Å². The Hall–Kier alpha value is -1.32. The minimum atomic E-state index is -0.0833. The lowest BCUT2D eigenvalue weighted by molar-refractivity contribution is 0.241. The number of ether oxygens (including phenoxy) is 1. The zero-order chi connectivity index (χ0) is 14.5. The molecule has 1 rings (SSSR count). The van der Waals surface area contributed by atoms with E-state index in [2.05, 4.69) is 49.9 Å². The molecular weight excluding hydrogens is 238 g/mol. The van der Waals surface area contributed by atoms with Gasteiger partial charge in [-0.2, -0.15) is 4.98 Å². The molecule has 1 heterocycles. The van der Waals surface area contributed by atoms with E-state index in [1.165, 1.54) is 12.8 Å². The van der Waals surface area contributed by atoms with E-state index in [4.69, 9.17) is 4.74 Å². The van der Waals surface area contributed by atoms with Crippen LogP contribution in [0.25, 0.3) is 0 Å². The maximum absolute atomic E-state index is 5.81. The van der Waals surface area contributed by atoms with Gasteiger partial charge in [-0.1, -0.05) is 41.0 Å². The third-order valence-corrected chi connectivity index (χ3v) is 2.93. The van der Waals surface area contributed by atoms with Crippen LogP contribution in [0.4, 0.5) is 5.82 Å². The average molecular weight is 265 g/mol. The monoisotopic (exact) mass is 265 g/mol. The number of rotatable bonds is 6. The number of nitrogens with one attached hydrogen (secondary N) is 1. The van der Waals surface area contributed by atoms with Crippen molar-refractivity contribution in [2.45, 2.75) is 52.9 Å². The Balaban J connectivity index is 2.83. The minimum Gasteiger partial charge on any atom is -0.477 e. The fourth-order valence-corrected chi connectivity index (χ4v) is 1.77. The Kier molecular flexibility index (Phi) is 5.58. The maximum Gasteiger partial charge on any atom is 0.218 e. The summed E-state index contributed by atoms with van der Waals surface area (Å²) in [5.41, 5.74) is -0.0833. The van der Waals surface area contributed by atoms with Crippen LogP contribution in [0.3, 0.4) is 0 Å². The fourth-order valence-electron chi connectivity index (χ4n) is 1.77. The second-order valence-electron chi connectivity index (χ2n) is 6.12. The van der Waals surface area contributed by atoms with E-state index in [0.29, 0.717) is 18.4 Å². The van der Waals surface area contributed by atoms with Crippen molar-refractivity contribution >= 4 is 5.82 Å². The van der Waals surface area contributed by atoms with Gasteiger partial charge in [0.2, 0.25) is 5.88 Å². The second-order valence-corrected chi connectivity index (χ2v) is 6.12. The summed E-state index contributed by atoms with van der Waals surface area (Å²) in [7, 11) is 1.86. The zero-order valence-electron chi connectivity index (χ0n) is 13.1. The number of anilines is 1. The van der Waals surface area contributed by atoms with Gasteiger partial charge < -0.3 is 10.1 Å². The SMILES string of the molecule is CCCC(C)COc1cc(NC)nc(C(C)(C)C)n1. The van der Waals surface area contributed by atoms with E-state index in [1.54, 1.807) is 0 Å². The number of hydrogen-bond donors (Lipinski definition) is 1. The van der Waals surface area contributed by atoms with E-state index < -0.39 is 0 Å². The highest BCUT2D eigenvalue weighted by molar-refractivity contribution is 5.38. The van der Waals surface area contributed by atoms with Crippen LogP contribution in [0.2, 0.25) is 0 Å². The van der Waals surface area contributed by atoms with Crippen molar-refractivity contribution in [1.82, 2.24) is 9.97 Å². The quantitative estimate of drug-likeness (QED) is 0.853. The van der Waals surface area contributed by atoms with Gasteiger partial charge in [-0.3, -0.25) is 0 Å². The second kappa shape index (κ2) is 6.73. The van der Waals surface area contributed by atoms with Crippen molar-refractivity contribution in [2.24, 2.45) is 5.92 Å². The molecule has 0 saturated heterocycles. The van der Waals surface area contributed by atoms with Crippen LogP contribution in [-0.4, -0.2) is 23.6 Å². The molecule has 0 amide bonds. The summed E-state index contributed by atoms with van der Waals surface area (Å²) in [6.45, 7) is 11.4. The van der Waals surface area contributed by atoms with Crippen molar-refractivity contribution < 1.29 is 4.74 Å². The molecular formula is C15H27N3O. The molecule has 1 aromatic rings. The van der Waals surface area contributed by atoms with Crippen LogP contribution in [-0.2, 0) is 5.41 Å². The van der Waals surface area contributed by atoms with Gasteiger partial charge in [-0.05, 0) is 12.3 Å². The first kappa shape index (κ1) is 15.7. The number of hydrogen-bond acceptors (Lipinski definition) is 4. The van der Waals surface area contributed by atoms with Gasteiger partial charge in [0, 0.05) is 18.5 Å². The van der Waals surface area contributed by atoms with E-state index in [9.17, 15) is 0 Å². The van der Waals surface area contributed by atoms with Crippen LogP contribution in [0.5, 0.6) is 5.88 Å². The first-order chi connectivity index (χ1) is 8.86. The molecule has 0 aromatic carbocycles. The third kappa shape index (κ3) is 5.05. The molecule has 1 atom stereocenters. The Morgan fingerprint density at radius 3 is 2.53 bits per heavy atom. The molecule has 0 aliphatic carbocycles. The molecule has 0 aliphatic heterocycles.